The van der Waals surface area contributed by atoms with Gasteiger partial charge in [0.2, 0.25) is 5.91 Å². The van der Waals surface area contributed by atoms with Gasteiger partial charge in [-0.1, -0.05) is 6.92 Å². The highest BCUT2D eigenvalue weighted by Gasteiger charge is 2.14. The van der Waals surface area contributed by atoms with Crippen LogP contribution in [0.4, 0.5) is 0 Å². The van der Waals surface area contributed by atoms with Gasteiger partial charge in [0.15, 0.2) is 0 Å². The van der Waals surface area contributed by atoms with Gasteiger partial charge in [0.05, 0.1) is 19.7 Å². The van der Waals surface area contributed by atoms with Crippen LogP contribution in [-0.4, -0.2) is 62.0 Å². The summed E-state index contributed by atoms with van der Waals surface area (Å²) in [6.07, 6.45) is 0. The zero-order valence-corrected chi connectivity index (χ0v) is 9.95. The molecule has 0 saturated heterocycles. The summed E-state index contributed by atoms with van der Waals surface area (Å²) < 4.78 is 4.81. The van der Waals surface area contributed by atoms with Crippen LogP contribution in [0, 0.1) is 0 Å². The van der Waals surface area contributed by atoms with Crippen LogP contribution < -0.4 is 0 Å². The lowest BCUT2D eigenvalue weighted by Gasteiger charge is -2.20. The Morgan fingerprint density at radius 2 is 1.73 bits per heavy atom. The van der Waals surface area contributed by atoms with E-state index in [2.05, 4.69) is 0 Å². The number of rotatable bonds is 6. The minimum atomic E-state index is -0.286. The number of amides is 1. The molecule has 0 unspecified atom stereocenters. The molecule has 5 nitrogen and oxygen atoms in total. The fourth-order valence-electron chi connectivity index (χ4n) is 1.00. The molecule has 0 fully saturated rings. The van der Waals surface area contributed by atoms with Gasteiger partial charge in [-0.25, -0.2) is 0 Å². The molecule has 0 aromatic heterocycles. The highest BCUT2D eigenvalue weighted by Crippen LogP contribution is 1.92. The Labute approximate surface area is 91.0 Å². The summed E-state index contributed by atoms with van der Waals surface area (Å²) in [7, 11) is 3.39. The maximum absolute atomic E-state index is 11.4. The third-order valence-corrected chi connectivity index (χ3v) is 1.96. The number of nitrogens with zero attached hydrogens (tertiary/aromatic N) is 2. The Morgan fingerprint density at radius 1 is 1.13 bits per heavy atom. The molecule has 0 N–H and O–H groups in total. The molecule has 0 rings (SSSR count). The van der Waals surface area contributed by atoms with Crippen molar-refractivity contribution in [1.29, 1.82) is 0 Å². The first-order valence-electron chi connectivity index (χ1n) is 5.09. The Hall–Kier alpha value is -1.10. The van der Waals surface area contributed by atoms with Crippen molar-refractivity contribution in [1.82, 2.24) is 9.80 Å². The monoisotopic (exact) mass is 216 g/mol. The second-order valence-corrected chi connectivity index (χ2v) is 3.40. The van der Waals surface area contributed by atoms with Crippen molar-refractivity contribution < 1.29 is 14.3 Å². The molecule has 0 spiro atoms. The van der Waals surface area contributed by atoms with E-state index in [0.717, 1.165) is 0 Å². The quantitative estimate of drug-likeness (QED) is 0.585. The van der Waals surface area contributed by atoms with Crippen LogP contribution >= 0.6 is 0 Å². The minimum absolute atomic E-state index is 0.0128. The molecule has 0 radical (unpaired) electrons. The molecule has 0 bridgehead atoms. The average molecular weight is 216 g/mol. The topological polar surface area (TPSA) is 49.9 Å². The van der Waals surface area contributed by atoms with Gasteiger partial charge in [-0.3, -0.25) is 14.5 Å². The summed E-state index contributed by atoms with van der Waals surface area (Å²) >= 11 is 0. The molecular formula is C10H20N2O3. The third-order valence-electron chi connectivity index (χ3n) is 1.96. The van der Waals surface area contributed by atoms with Crippen molar-refractivity contribution >= 4 is 11.9 Å². The molecule has 0 heterocycles. The van der Waals surface area contributed by atoms with Crippen LogP contribution in [-0.2, 0) is 14.3 Å². The Kier molecular flexibility index (Phi) is 6.70. The van der Waals surface area contributed by atoms with Crippen LogP contribution in [0.15, 0.2) is 0 Å². The van der Waals surface area contributed by atoms with Gasteiger partial charge in [0, 0.05) is 14.1 Å². The summed E-state index contributed by atoms with van der Waals surface area (Å²) in [5.41, 5.74) is 0. The van der Waals surface area contributed by atoms with E-state index in [1.807, 2.05) is 6.92 Å². The number of hydrogen-bond acceptors (Lipinski definition) is 4. The third kappa shape index (κ3) is 6.06. The standard InChI is InChI=1S/C10H20N2O3/c1-5-12(7-9(13)11(3)4)8-10(14)15-6-2/h5-8H2,1-4H3. The maximum Gasteiger partial charge on any atom is 0.320 e. The highest BCUT2D eigenvalue weighted by atomic mass is 16.5. The number of carbonyl (C=O) groups is 2. The summed E-state index contributed by atoms with van der Waals surface area (Å²) in [5, 5.41) is 0. The molecule has 0 atom stereocenters. The number of ether oxygens (including phenoxy) is 1. The van der Waals surface area contributed by atoms with E-state index in [-0.39, 0.29) is 25.0 Å². The minimum Gasteiger partial charge on any atom is -0.465 e. The van der Waals surface area contributed by atoms with Crippen molar-refractivity contribution in [2.75, 3.05) is 40.3 Å². The van der Waals surface area contributed by atoms with Crippen LogP contribution in [0.3, 0.4) is 0 Å². The predicted octanol–water partition coefficient (Wildman–Crippen LogP) is -0.0404. The van der Waals surface area contributed by atoms with Crippen LogP contribution in [0.1, 0.15) is 13.8 Å². The van der Waals surface area contributed by atoms with E-state index >= 15 is 0 Å². The molecule has 88 valence electrons. The summed E-state index contributed by atoms with van der Waals surface area (Å²) in [5.74, 6) is -0.299. The molecule has 0 aliphatic rings. The average Bonchev–Trinajstić information content (AvgIpc) is 2.16. The number of hydrogen-bond donors (Lipinski definition) is 0. The fourth-order valence-corrected chi connectivity index (χ4v) is 1.00. The van der Waals surface area contributed by atoms with Crippen molar-refractivity contribution in [2.45, 2.75) is 13.8 Å². The molecule has 15 heavy (non-hydrogen) atoms. The molecule has 0 aromatic carbocycles. The summed E-state index contributed by atoms with van der Waals surface area (Å²) in [4.78, 5) is 25.8. The maximum atomic E-state index is 11.4. The molecule has 0 saturated carbocycles. The van der Waals surface area contributed by atoms with Crippen molar-refractivity contribution in [2.24, 2.45) is 0 Å². The highest BCUT2D eigenvalue weighted by molar-refractivity contribution is 5.79. The van der Waals surface area contributed by atoms with Crippen molar-refractivity contribution in [3.8, 4) is 0 Å². The van der Waals surface area contributed by atoms with Gasteiger partial charge < -0.3 is 9.64 Å². The van der Waals surface area contributed by atoms with Crippen LogP contribution in [0.25, 0.3) is 0 Å². The largest absolute Gasteiger partial charge is 0.465 e. The van der Waals surface area contributed by atoms with Gasteiger partial charge in [-0.2, -0.15) is 0 Å². The van der Waals surface area contributed by atoms with Gasteiger partial charge >= 0.3 is 5.97 Å². The molecule has 0 aliphatic carbocycles. The van der Waals surface area contributed by atoms with E-state index < -0.39 is 0 Å². The molecule has 0 aliphatic heterocycles. The number of likely N-dealkylation sites (N-methyl/N-ethyl adjacent to an activating group) is 2. The number of esters is 1. The van der Waals surface area contributed by atoms with Crippen molar-refractivity contribution in [3.63, 3.8) is 0 Å². The number of carbonyl (C=O) groups excluding carboxylic acids is 2. The van der Waals surface area contributed by atoms with Crippen LogP contribution in [0.2, 0.25) is 0 Å². The summed E-state index contributed by atoms with van der Waals surface area (Å²) in [6.45, 7) is 5.12. The fraction of sp³-hybridized carbons (Fsp3) is 0.800. The Bertz CT molecular complexity index is 217. The zero-order valence-electron chi connectivity index (χ0n) is 9.95. The SMILES string of the molecule is CCOC(=O)CN(CC)CC(=O)N(C)C. The normalized spacial score (nSPS) is 10.2. The lowest BCUT2D eigenvalue weighted by atomic mass is 10.4. The summed E-state index contributed by atoms with van der Waals surface area (Å²) in [6, 6.07) is 0. The van der Waals surface area contributed by atoms with Gasteiger partial charge in [0.1, 0.15) is 0 Å². The van der Waals surface area contributed by atoms with E-state index in [0.29, 0.717) is 13.2 Å². The molecule has 5 heteroatoms. The first-order valence-corrected chi connectivity index (χ1v) is 5.09. The van der Waals surface area contributed by atoms with Gasteiger partial charge in [-0.05, 0) is 13.5 Å². The van der Waals surface area contributed by atoms with Gasteiger partial charge in [0.25, 0.3) is 0 Å². The van der Waals surface area contributed by atoms with E-state index in [1.165, 1.54) is 4.90 Å². The first-order chi connectivity index (χ1) is 7.01. The molecular weight excluding hydrogens is 196 g/mol. The van der Waals surface area contributed by atoms with Crippen molar-refractivity contribution in [3.05, 3.63) is 0 Å². The Morgan fingerprint density at radius 3 is 2.13 bits per heavy atom. The second-order valence-electron chi connectivity index (χ2n) is 3.40. The lowest BCUT2D eigenvalue weighted by molar-refractivity contribution is -0.145. The van der Waals surface area contributed by atoms with E-state index in [4.69, 9.17) is 4.74 Å². The lowest BCUT2D eigenvalue weighted by Crippen LogP contribution is -2.39. The van der Waals surface area contributed by atoms with Gasteiger partial charge in [-0.15, -0.1) is 0 Å². The molecule has 0 aromatic rings. The molecule has 1 amide bonds. The zero-order chi connectivity index (χ0) is 11.8. The first kappa shape index (κ1) is 13.9. The smallest absolute Gasteiger partial charge is 0.320 e. The van der Waals surface area contributed by atoms with E-state index in [1.54, 1.807) is 25.9 Å². The predicted molar refractivity (Wildman–Crippen MR) is 57.4 cm³/mol. The van der Waals surface area contributed by atoms with Crippen LogP contribution in [0.5, 0.6) is 0 Å². The van der Waals surface area contributed by atoms with E-state index in [9.17, 15) is 9.59 Å². The second kappa shape index (κ2) is 7.23. The Balaban J connectivity index is 4.03.